The summed E-state index contributed by atoms with van der Waals surface area (Å²) in [6.07, 6.45) is 0. The Morgan fingerprint density at radius 1 is 0.952 bits per heavy atom. The molecule has 0 saturated heterocycles. The summed E-state index contributed by atoms with van der Waals surface area (Å²) in [6, 6.07) is 9.50. The topological polar surface area (TPSA) is 30.5 Å². The van der Waals surface area contributed by atoms with Gasteiger partial charge in [-0.05, 0) is 30.2 Å². The summed E-state index contributed by atoms with van der Waals surface area (Å²) in [6.45, 7) is 2.59. The highest BCUT2D eigenvalue weighted by Gasteiger charge is 2.10. The van der Waals surface area contributed by atoms with Crippen molar-refractivity contribution in [1.82, 2.24) is 0 Å². The predicted octanol–water partition coefficient (Wildman–Crippen LogP) is 4.93. The van der Waals surface area contributed by atoms with Crippen molar-refractivity contribution >= 4 is 28.9 Å². The molecule has 3 nitrogen and oxygen atoms in total. The van der Waals surface area contributed by atoms with Crippen LogP contribution in [0.1, 0.15) is 11.1 Å². The summed E-state index contributed by atoms with van der Waals surface area (Å²) in [7, 11) is 3.17. The number of rotatable bonds is 5. The summed E-state index contributed by atoms with van der Waals surface area (Å²) in [5.74, 6) is 1.24. The highest BCUT2D eigenvalue weighted by molar-refractivity contribution is 6.32. The van der Waals surface area contributed by atoms with E-state index in [-0.39, 0.29) is 0 Å². The molecule has 0 atom stereocenters. The average molecular weight is 326 g/mol. The summed E-state index contributed by atoms with van der Waals surface area (Å²) in [5.41, 5.74) is 2.94. The molecule has 0 heterocycles. The highest BCUT2D eigenvalue weighted by atomic mass is 35.5. The fourth-order valence-electron chi connectivity index (χ4n) is 1.98. The number of aryl methyl sites for hydroxylation is 1. The first kappa shape index (κ1) is 15.8. The van der Waals surface area contributed by atoms with Crippen LogP contribution >= 0.6 is 23.2 Å². The maximum atomic E-state index is 6.23. The molecule has 0 aliphatic carbocycles. The molecule has 0 spiro atoms. The molecular weight excluding hydrogens is 309 g/mol. The van der Waals surface area contributed by atoms with E-state index in [4.69, 9.17) is 32.7 Å². The summed E-state index contributed by atoms with van der Waals surface area (Å²) >= 11 is 12.4. The molecule has 0 fully saturated rings. The minimum atomic E-state index is 0.524. The third kappa shape index (κ3) is 3.74. The van der Waals surface area contributed by atoms with Crippen LogP contribution in [0.5, 0.6) is 11.5 Å². The van der Waals surface area contributed by atoms with Gasteiger partial charge in [0.2, 0.25) is 0 Å². The van der Waals surface area contributed by atoms with Gasteiger partial charge in [0.1, 0.15) is 11.5 Å². The average Bonchev–Trinajstić information content (AvgIpc) is 2.46. The van der Waals surface area contributed by atoms with E-state index >= 15 is 0 Å². The van der Waals surface area contributed by atoms with E-state index in [0.717, 1.165) is 21.8 Å². The number of benzene rings is 2. The molecule has 0 radical (unpaired) electrons. The van der Waals surface area contributed by atoms with Gasteiger partial charge in [-0.25, -0.2) is 0 Å². The van der Waals surface area contributed by atoms with Gasteiger partial charge in [-0.1, -0.05) is 35.3 Å². The number of nitrogens with one attached hydrogen (secondary N) is 1. The van der Waals surface area contributed by atoms with Gasteiger partial charge in [-0.2, -0.15) is 0 Å². The van der Waals surface area contributed by atoms with Crippen LogP contribution in [0.3, 0.4) is 0 Å². The molecule has 0 amide bonds. The van der Waals surface area contributed by atoms with Crippen LogP contribution in [0.15, 0.2) is 30.3 Å². The summed E-state index contributed by atoms with van der Waals surface area (Å²) in [5, 5.41) is 4.54. The van der Waals surface area contributed by atoms with Gasteiger partial charge >= 0.3 is 0 Å². The van der Waals surface area contributed by atoms with Crippen molar-refractivity contribution < 1.29 is 9.47 Å². The maximum absolute atomic E-state index is 6.23. The Morgan fingerprint density at radius 2 is 1.67 bits per heavy atom. The summed E-state index contributed by atoms with van der Waals surface area (Å²) < 4.78 is 10.5. The minimum absolute atomic E-state index is 0.524. The largest absolute Gasteiger partial charge is 0.495 e. The fraction of sp³-hybridized carbons (Fsp3) is 0.250. The van der Waals surface area contributed by atoms with Crippen LogP contribution in [0.2, 0.25) is 10.0 Å². The lowest BCUT2D eigenvalue weighted by Gasteiger charge is -2.14. The van der Waals surface area contributed by atoms with E-state index in [1.54, 1.807) is 26.4 Å². The van der Waals surface area contributed by atoms with Crippen molar-refractivity contribution in [2.24, 2.45) is 0 Å². The molecule has 0 bridgehead atoms. The van der Waals surface area contributed by atoms with Crippen molar-refractivity contribution in [1.29, 1.82) is 0 Å². The molecule has 2 aromatic carbocycles. The Bertz CT molecular complexity index is 644. The zero-order chi connectivity index (χ0) is 15.4. The van der Waals surface area contributed by atoms with E-state index in [1.165, 1.54) is 0 Å². The summed E-state index contributed by atoms with van der Waals surface area (Å²) in [4.78, 5) is 0. The Hall–Kier alpha value is -1.58. The minimum Gasteiger partial charge on any atom is -0.495 e. The van der Waals surface area contributed by atoms with Crippen molar-refractivity contribution in [2.75, 3.05) is 19.5 Å². The quantitative estimate of drug-likeness (QED) is 0.845. The molecule has 5 heteroatoms. The number of hydrogen-bond acceptors (Lipinski definition) is 3. The van der Waals surface area contributed by atoms with E-state index in [9.17, 15) is 0 Å². The SMILES string of the molecule is COc1cc(OC)c(NCc2ccc(C)cc2Cl)cc1Cl. The van der Waals surface area contributed by atoms with Crippen LogP contribution in [-0.2, 0) is 6.54 Å². The Morgan fingerprint density at radius 3 is 2.29 bits per heavy atom. The Labute approximate surface area is 134 Å². The Balaban J connectivity index is 2.21. The first-order valence-corrected chi connectivity index (χ1v) is 7.21. The number of methoxy groups -OCH3 is 2. The molecule has 21 heavy (non-hydrogen) atoms. The van der Waals surface area contributed by atoms with Gasteiger partial charge in [0, 0.05) is 17.6 Å². The van der Waals surface area contributed by atoms with Gasteiger partial charge in [0.05, 0.1) is 24.9 Å². The van der Waals surface area contributed by atoms with Crippen LogP contribution < -0.4 is 14.8 Å². The van der Waals surface area contributed by atoms with Crippen molar-refractivity contribution in [3.63, 3.8) is 0 Å². The molecule has 0 aliphatic heterocycles. The lowest BCUT2D eigenvalue weighted by molar-refractivity contribution is 0.395. The molecule has 0 aliphatic rings. The zero-order valence-electron chi connectivity index (χ0n) is 12.2. The predicted molar refractivity (Wildman–Crippen MR) is 88.1 cm³/mol. The van der Waals surface area contributed by atoms with Crippen LogP contribution in [0.4, 0.5) is 5.69 Å². The molecule has 0 saturated carbocycles. The third-order valence-electron chi connectivity index (χ3n) is 3.15. The number of halogens is 2. The second-order valence-electron chi connectivity index (χ2n) is 4.64. The van der Waals surface area contributed by atoms with Crippen LogP contribution in [0, 0.1) is 6.92 Å². The molecule has 0 aromatic heterocycles. The third-order valence-corrected chi connectivity index (χ3v) is 3.80. The lowest BCUT2D eigenvalue weighted by atomic mass is 10.1. The molecular formula is C16H17Cl2NO2. The van der Waals surface area contributed by atoms with E-state index in [2.05, 4.69) is 5.32 Å². The molecule has 0 unspecified atom stereocenters. The van der Waals surface area contributed by atoms with Gasteiger partial charge in [-0.15, -0.1) is 0 Å². The van der Waals surface area contributed by atoms with Gasteiger partial charge < -0.3 is 14.8 Å². The first-order valence-electron chi connectivity index (χ1n) is 6.45. The van der Waals surface area contributed by atoms with Crippen molar-refractivity contribution in [2.45, 2.75) is 13.5 Å². The maximum Gasteiger partial charge on any atom is 0.145 e. The standard InChI is InChI=1S/C16H17Cl2NO2/c1-10-4-5-11(12(17)6-10)9-19-14-7-13(18)15(20-2)8-16(14)21-3/h4-8,19H,9H2,1-3H3. The second kappa shape index (κ2) is 6.92. The molecule has 2 aromatic rings. The first-order chi connectivity index (χ1) is 10.0. The smallest absolute Gasteiger partial charge is 0.145 e. The van der Waals surface area contributed by atoms with Crippen LogP contribution in [-0.4, -0.2) is 14.2 Å². The van der Waals surface area contributed by atoms with Gasteiger partial charge in [0.25, 0.3) is 0 Å². The van der Waals surface area contributed by atoms with E-state index < -0.39 is 0 Å². The zero-order valence-corrected chi connectivity index (χ0v) is 13.7. The monoisotopic (exact) mass is 325 g/mol. The van der Waals surface area contributed by atoms with Crippen molar-refractivity contribution in [3.8, 4) is 11.5 Å². The normalized spacial score (nSPS) is 10.3. The highest BCUT2D eigenvalue weighted by Crippen LogP contribution is 2.36. The lowest BCUT2D eigenvalue weighted by Crippen LogP contribution is -2.02. The molecule has 1 N–H and O–H groups in total. The van der Waals surface area contributed by atoms with Gasteiger partial charge in [-0.3, -0.25) is 0 Å². The van der Waals surface area contributed by atoms with Crippen LogP contribution in [0.25, 0.3) is 0 Å². The van der Waals surface area contributed by atoms with E-state index in [1.807, 2.05) is 25.1 Å². The molecule has 112 valence electrons. The number of ether oxygens (including phenoxy) is 2. The molecule has 2 rings (SSSR count). The van der Waals surface area contributed by atoms with E-state index in [0.29, 0.717) is 23.1 Å². The van der Waals surface area contributed by atoms with Crippen molar-refractivity contribution in [3.05, 3.63) is 51.5 Å². The number of hydrogen-bond donors (Lipinski definition) is 1. The number of anilines is 1. The second-order valence-corrected chi connectivity index (χ2v) is 5.45. The Kier molecular flexibility index (Phi) is 5.21. The van der Waals surface area contributed by atoms with Gasteiger partial charge in [0.15, 0.2) is 0 Å². The fourth-order valence-corrected chi connectivity index (χ4v) is 2.53.